The molecule has 1 saturated heterocycles. The Hall–Kier alpha value is -4.55. The van der Waals surface area contributed by atoms with Gasteiger partial charge in [-0.15, -0.1) is 0 Å². The van der Waals surface area contributed by atoms with Gasteiger partial charge in [0.25, 0.3) is 5.91 Å². The summed E-state index contributed by atoms with van der Waals surface area (Å²) >= 11 is 0. The molecule has 43 heavy (non-hydrogen) atoms. The minimum absolute atomic E-state index is 0.0810. The second-order valence-electron chi connectivity index (χ2n) is 10.4. The van der Waals surface area contributed by atoms with Gasteiger partial charge in [0.2, 0.25) is 6.41 Å². The Morgan fingerprint density at radius 1 is 1.12 bits per heavy atom. The van der Waals surface area contributed by atoms with Crippen LogP contribution in [0, 0.1) is 12.7 Å². The minimum atomic E-state index is -0.451. The SMILES string of the molecule is COc1ccc(-c2cnc3c(Nc4ccc(C(=O)N(C)CCOCCN5CCN(C=O)CC5)c(C)c4)nccn23)cc1F. The lowest BCUT2D eigenvalue weighted by atomic mass is 10.1. The van der Waals surface area contributed by atoms with Crippen molar-refractivity contribution in [2.45, 2.75) is 6.92 Å². The third kappa shape index (κ3) is 6.92. The number of hydrogen-bond donors (Lipinski definition) is 1. The number of halogens is 1. The van der Waals surface area contributed by atoms with Crippen molar-refractivity contribution in [1.82, 2.24) is 29.1 Å². The first kappa shape index (κ1) is 29.9. The van der Waals surface area contributed by atoms with Gasteiger partial charge in [0.1, 0.15) is 0 Å². The van der Waals surface area contributed by atoms with Crippen molar-refractivity contribution < 1.29 is 23.5 Å². The molecule has 226 valence electrons. The minimum Gasteiger partial charge on any atom is -0.494 e. The van der Waals surface area contributed by atoms with E-state index in [4.69, 9.17) is 9.47 Å². The number of nitrogens with one attached hydrogen (secondary N) is 1. The molecule has 1 fully saturated rings. The molecule has 12 heteroatoms. The van der Waals surface area contributed by atoms with E-state index < -0.39 is 5.82 Å². The molecule has 0 bridgehead atoms. The van der Waals surface area contributed by atoms with Crippen LogP contribution in [0.2, 0.25) is 0 Å². The Balaban J connectivity index is 1.17. The average Bonchev–Trinajstić information content (AvgIpc) is 3.46. The zero-order valence-electron chi connectivity index (χ0n) is 24.6. The van der Waals surface area contributed by atoms with Crippen LogP contribution in [0.15, 0.2) is 55.0 Å². The summed E-state index contributed by atoms with van der Waals surface area (Å²) in [5.41, 5.74) is 4.14. The van der Waals surface area contributed by atoms with Crippen molar-refractivity contribution in [2.75, 3.05) is 72.0 Å². The number of aryl methyl sites for hydroxylation is 1. The highest BCUT2D eigenvalue weighted by molar-refractivity contribution is 5.96. The standard InChI is InChI=1S/C31H36FN7O4/c1-22-18-24(5-6-25(22)31(41)36(2)14-16-43-17-15-37-10-12-38(21-40)13-11-37)35-29-30-34-20-27(39(30)9-8-33-29)23-4-7-28(42-3)26(32)19-23/h4-9,18-21H,10-17H2,1-3H3,(H,33,35). The zero-order chi connectivity index (χ0) is 30.3. The van der Waals surface area contributed by atoms with E-state index in [2.05, 4.69) is 20.2 Å². The number of methoxy groups -OCH3 is 1. The molecule has 2 amide bonds. The third-order valence-corrected chi connectivity index (χ3v) is 7.62. The van der Waals surface area contributed by atoms with E-state index >= 15 is 0 Å². The summed E-state index contributed by atoms with van der Waals surface area (Å²) < 4.78 is 27.0. The molecule has 0 aliphatic carbocycles. The summed E-state index contributed by atoms with van der Waals surface area (Å²) in [6.07, 6.45) is 5.99. The van der Waals surface area contributed by atoms with Gasteiger partial charge in [0, 0.05) is 75.5 Å². The molecule has 3 heterocycles. The quantitative estimate of drug-likeness (QED) is 0.198. The molecule has 1 aliphatic heterocycles. The van der Waals surface area contributed by atoms with Crippen molar-refractivity contribution in [3.63, 3.8) is 0 Å². The number of imidazole rings is 1. The first-order valence-corrected chi connectivity index (χ1v) is 14.2. The van der Waals surface area contributed by atoms with Gasteiger partial charge in [-0.1, -0.05) is 0 Å². The van der Waals surface area contributed by atoms with Crippen molar-refractivity contribution >= 4 is 29.5 Å². The first-order chi connectivity index (χ1) is 20.9. The van der Waals surface area contributed by atoms with Gasteiger partial charge in [-0.3, -0.25) is 18.9 Å². The van der Waals surface area contributed by atoms with E-state index in [0.29, 0.717) is 48.0 Å². The number of piperazine rings is 1. The number of amides is 2. The maximum absolute atomic E-state index is 14.3. The molecule has 2 aromatic heterocycles. The van der Waals surface area contributed by atoms with Gasteiger partial charge < -0.3 is 24.6 Å². The number of carbonyl (C=O) groups excluding carboxylic acids is 2. The van der Waals surface area contributed by atoms with E-state index in [-0.39, 0.29) is 11.7 Å². The van der Waals surface area contributed by atoms with Crippen LogP contribution in [0.25, 0.3) is 16.9 Å². The van der Waals surface area contributed by atoms with E-state index in [1.54, 1.807) is 53.6 Å². The molecule has 2 aromatic carbocycles. The number of ether oxygens (including phenoxy) is 2. The summed E-state index contributed by atoms with van der Waals surface area (Å²) in [6.45, 7) is 7.40. The fourth-order valence-electron chi connectivity index (χ4n) is 5.06. The zero-order valence-corrected chi connectivity index (χ0v) is 24.6. The summed E-state index contributed by atoms with van der Waals surface area (Å²) in [4.78, 5) is 38.7. The normalized spacial score (nSPS) is 13.7. The highest BCUT2D eigenvalue weighted by Gasteiger charge is 2.17. The fourth-order valence-corrected chi connectivity index (χ4v) is 5.06. The van der Waals surface area contributed by atoms with Gasteiger partial charge in [0.15, 0.2) is 23.0 Å². The van der Waals surface area contributed by atoms with Gasteiger partial charge in [-0.25, -0.2) is 14.4 Å². The van der Waals surface area contributed by atoms with Gasteiger partial charge in [-0.2, -0.15) is 0 Å². The number of likely N-dealkylation sites (N-methyl/N-ethyl adjacent to an activating group) is 1. The molecule has 0 saturated carbocycles. The number of anilines is 2. The molecule has 1 aliphatic rings. The van der Waals surface area contributed by atoms with Gasteiger partial charge in [0.05, 0.1) is 32.2 Å². The van der Waals surface area contributed by atoms with Crippen molar-refractivity contribution in [1.29, 1.82) is 0 Å². The lowest BCUT2D eigenvalue weighted by molar-refractivity contribution is -0.119. The highest BCUT2D eigenvalue weighted by atomic mass is 19.1. The molecular formula is C31H36FN7O4. The van der Waals surface area contributed by atoms with Crippen LogP contribution in [0.4, 0.5) is 15.9 Å². The molecule has 11 nitrogen and oxygen atoms in total. The lowest BCUT2D eigenvalue weighted by Gasteiger charge is -2.32. The first-order valence-electron chi connectivity index (χ1n) is 14.2. The second-order valence-corrected chi connectivity index (χ2v) is 10.4. The number of nitrogens with zero attached hydrogens (tertiary/aromatic N) is 6. The van der Waals surface area contributed by atoms with Crippen LogP contribution in [0.3, 0.4) is 0 Å². The highest BCUT2D eigenvalue weighted by Crippen LogP contribution is 2.29. The van der Waals surface area contributed by atoms with Crippen LogP contribution < -0.4 is 10.1 Å². The third-order valence-electron chi connectivity index (χ3n) is 7.62. The van der Waals surface area contributed by atoms with Gasteiger partial charge in [-0.05, 0) is 48.9 Å². The molecule has 5 rings (SSSR count). The Labute approximate surface area is 249 Å². The monoisotopic (exact) mass is 589 g/mol. The average molecular weight is 590 g/mol. The number of rotatable bonds is 12. The summed E-state index contributed by atoms with van der Waals surface area (Å²) in [5, 5.41) is 3.30. The number of fused-ring (bicyclic) bond motifs is 1. The van der Waals surface area contributed by atoms with Crippen LogP contribution in [-0.2, 0) is 9.53 Å². The number of carbonyl (C=O) groups is 2. The maximum atomic E-state index is 14.3. The summed E-state index contributed by atoms with van der Waals surface area (Å²) in [5.74, 6) is 0.174. The summed E-state index contributed by atoms with van der Waals surface area (Å²) in [6, 6.07) is 10.3. The number of hydrogen-bond acceptors (Lipinski definition) is 8. The van der Waals surface area contributed by atoms with E-state index in [9.17, 15) is 14.0 Å². The topological polar surface area (TPSA) is 105 Å². The predicted octanol–water partition coefficient (Wildman–Crippen LogP) is 3.46. The Kier molecular flexibility index (Phi) is 9.48. The van der Waals surface area contributed by atoms with Crippen molar-refractivity contribution in [2.24, 2.45) is 0 Å². The molecule has 0 unspecified atom stereocenters. The van der Waals surface area contributed by atoms with Crippen LogP contribution in [-0.4, -0.2) is 108 Å². The van der Waals surface area contributed by atoms with E-state index in [1.165, 1.54) is 13.2 Å². The lowest BCUT2D eigenvalue weighted by Crippen LogP contribution is -2.46. The maximum Gasteiger partial charge on any atom is 0.253 e. The number of aromatic nitrogens is 3. The van der Waals surface area contributed by atoms with Crippen molar-refractivity contribution in [3.05, 3.63) is 71.9 Å². The molecule has 0 spiro atoms. The fraction of sp³-hybridized carbons (Fsp3) is 0.355. The molecule has 4 aromatic rings. The number of benzene rings is 2. The van der Waals surface area contributed by atoms with Crippen LogP contribution in [0.1, 0.15) is 15.9 Å². The van der Waals surface area contributed by atoms with Crippen LogP contribution >= 0.6 is 0 Å². The van der Waals surface area contributed by atoms with Gasteiger partial charge >= 0.3 is 0 Å². The summed E-state index contributed by atoms with van der Waals surface area (Å²) in [7, 11) is 3.20. The largest absolute Gasteiger partial charge is 0.494 e. The Morgan fingerprint density at radius 2 is 1.93 bits per heavy atom. The predicted molar refractivity (Wildman–Crippen MR) is 161 cm³/mol. The molecule has 0 atom stereocenters. The molecule has 1 N–H and O–H groups in total. The molecule has 0 radical (unpaired) electrons. The van der Waals surface area contributed by atoms with E-state index in [0.717, 1.165) is 50.4 Å². The Morgan fingerprint density at radius 3 is 2.65 bits per heavy atom. The smallest absolute Gasteiger partial charge is 0.253 e. The van der Waals surface area contributed by atoms with E-state index in [1.807, 2.05) is 23.5 Å². The second kappa shape index (κ2) is 13.6. The Bertz CT molecular complexity index is 1590. The van der Waals surface area contributed by atoms with Crippen LogP contribution in [0.5, 0.6) is 5.75 Å². The molecular weight excluding hydrogens is 553 g/mol. The van der Waals surface area contributed by atoms with Crippen molar-refractivity contribution in [3.8, 4) is 17.0 Å².